The zero-order valence-corrected chi connectivity index (χ0v) is 13.7. The van der Waals surface area contributed by atoms with Gasteiger partial charge in [0.05, 0.1) is 11.9 Å². The van der Waals surface area contributed by atoms with Crippen LogP contribution in [-0.2, 0) is 10.0 Å². The van der Waals surface area contributed by atoms with E-state index in [-0.39, 0.29) is 6.04 Å². The number of aromatic nitrogens is 3. The first-order valence-corrected chi connectivity index (χ1v) is 9.32. The largest absolute Gasteiger partial charge is 0.351 e. The molecule has 3 rings (SSSR count). The highest BCUT2D eigenvalue weighted by molar-refractivity contribution is 7.88. The Kier molecular flexibility index (Phi) is 4.53. The van der Waals surface area contributed by atoms with Crippen molar-refractivity contribution in [1.82, 2.24) is 19.3 Å². The van der Waals surface area contributed by atoms with Crippen LogP contribution in [0.5, 0.6) is 0 Å². The van der Waals surface area contributed by atoms with Gasteiger partial charge in [0.15, 0.2) is 0 Å². The summed E-state index contributed by atoms with van der Waals surface area (Å²) in [6.07, 6.45) is 7.93. The van der Waals surface area contributed by atoms with Gasteiger partial charge in [-0.2, -0.15) is 0 Å². The van der Waals surface area contributed by atoms with Gasteiger partial charge in [0.2, 0.25) is 16.0 Å². The third-order valence-electron chi connectivity index (χ3n) is 3.87. The van der Waals surface area contributed by atoms with E-state index in [1.54, 1.807) is 18.6 Å². The average Bonchev–Trinajstić information content (AvgIpc) is 2.56. The number of nitrogens with zero attached hydrogens (tertiary/aromatic N) is 4. The Labute approximate surface area is 135 Å². The van der Waals surface area contributed by atoms with Gasteiger partial charge in [-0.25, -0.2) is 22.7 Å². The summed E-state index contributed by atoms with van der Waals surface area (Å²) in [7, 11) is -3.10. The molecule has 1 aliphatic heterocycles. The summed E-state index contributed by atoms with van der Waals surface area (Å²) in [6, 6.07) is 5.83. The fourth-order valence-corrected chi connectivity index (χ4v) is 3.49. The van der Waals surface area contributed by atoms with Crippen LogP contribution in [0.1, 0.15) is 12.8 Å². The Morgan fingerprint density at radius 3 is 2.65 bits per heavy atom. The molecule has 23 heavy (non-hydrogen) atoms. The van der Waals surface area contributed by atoms with Crippen molar-refractivity contribution in [3.05, 3.63) is 36.8 Å². The standard InChI is InChI=1S/C15H19N5O2S/c1-23(21,22)20-9-5-13(6-10-20)18-15-17-8-4-14(19-15)12-3-2-7-16-11-12/h2-4,7-8,11,13H,5-6,9-10H2,1H3,(H,17,18,19). The van der Waals surface area contributed by atoms with E-state index in [1.807, 2.05) is 18.2 Å². The van der Waals surface area contributed by atoms with Crippen molar-refractivity contribution < 1.29 is 8.42 Å². The van der Waals surface area contributed by atoms with Gasteiger partial charge in [0, 0.05) is 43.3 Å². The van der Waals surface area contributed by atoms with Crippen LogP contribution >= 0.6 is 0 Å². The monoisotopic (exact) mass is 333 g/mol. The number of pyridine rings is 1. The third-order valence-corrected chi connectivity index (χ3v) is 5.17. The molecule has 1 N–H and O–H groups in total. The molecule has 2 aromatic rings. The first kappa shape index (κ1) is 15.8. The fourth-order valence-electron chi connectivity index (χ4n) is 2.62. The van der Waals surface area contributed by atoms with E-state index in [1.165, 1.54) is 10.6 Å². The molecule has 0 radical (unpaired) electrons. The van der Waals surface area contributed by atoms with Crippen molar-refractivity contribution in [2.45, 2.75) is 18.9 Å². The van der Waals surface area contributed by atoms with E-state index in [0.29, 0.717) is 19.0 Å². The van der Waals surface area contributed by atoms with Crippen molar-refractivity contribution >= 4 is 16.0 Å². The second-order valence-electron chi connectivity index (χ2n) is 5.59. The van der Waals surface area contributed by atoms with Crippen LogP contribution in [-0.4, -0.2) is 53.1 Å². The molecule has 0 atom stereocenters. The van der Waals surface area contributed by atoms with Crippen LogP contribution in [0, 0.1) is 0 Å². The number of nitrogens with one attached hydrogen (secondary N) is 1. The Hall–Kier alpha value is -2.06. The number of sulfonamides is 1. The minimum Gasteiger partial charge on any atom is -0.351 e. The molecule has 7 nitrogen and oxygen atoms in total. The third kappa shape index (κ3) is 4.02. The van der Waals surface area contributed by atoms with Crippen LogP contribution in [0.4, 0.5) is 5.95 Å². The predicted molar refractivity (Wildman–Crippen MR) is 88.3 cm³/mol. The number of anilines is 1. The fraction of sp³-hybridized carbons (Fsp3) is 0.400. The second-order valence-corrected chi connectivity index (χ2v) is 7.57. The molecule has 1 aliphatic rings. The molecule has 1 fully saturated rings. The number of hydrogen-bond donors (Lipinski definition) is 1. The first-order valence-electron chi connectivity index (χ1n) is 7.47. The van der Waals surface area contributed by atoms with Crippen molar-refractivity contribution in [3.8, 4) is 11.3 Å². The van der Waals surface area contributed by atoms with Crippen LogP contribution < -0.4 is 5.32 Å². The number of piperidine rings is 1. The number of hydrogen-bond acceptors (Lipinski definition) is 6. The van der Waals surface area contributed by atoms with Gasteiger partial charge >= 0.3 is 0 Å². The van der Waals surface area contributed by atoms with Crippen molar-refractivity contribution in [2.75, 3.05) is 24.7 Å². The summed E-state index contributed by atoms with van der Waals surface area (Å²) in [5.41, 5.74) is 1.74. The zero-order valence-electron chi connectivity index (χ0n) is 12.9. The topological polar surface area (TPSA) is 88.1 Å². The van der Waals surface area contributed by atoms with Gasteiger partial charge < -0.3 is 5.32 Å². The van der Waals surface area contributed by atoms with Crippen molar-refractivity contribution in [1.29, 1.82) is 0 Å². The summed E-state index contributed by atoms with van der Waals surface area (Å²) in [6.45, 7) is 1.05. The van der Waals surface area contributed by atoms with Crippen LogP contribution in [0.2, 0.25) is 0 Å². The van der Waals surface area contributed by atoms with Crippen molar-refractivity contribution in [2.24, 2.45) is 0 Å². The SMILES string of the molecule is CS(=O)(=O)N1CCC(Nc2nccc(-c3cccnc3)n2)CC1. The summed E-state index contributed by atoms with van der Waals surface area (Å²) in [4.78, 5) is 12.9. The van der Waals surface area contributed by atoms with Gasteiger partial charge in [-0.1, -0.05) is 0 Å². The Balaban J connectivity index is 1.66. The van der Waals surface area contributed by atoms with E-state index >= 15 is 0 Å². The van der Waals surface area contributed by atoms with E-state index in [9.17, 15) is 8.42 Å². The highest BCUT2D eigenvalue weighted by Gasteiger charge is 2.25. The lowest BCUT2D eigenvalue weighted by Gasteiger charge is -2.30. The quantitative estimate of drug-likeness (QED) is 0.909. The minimum atomic E-state index is -3.10. The molecule has 0 spiro atoms. The van der Waals surface area contributed by atoms with Gasteiger partial charge in [-0.15, -0.1) is 0 Å². The highest BCUT2D eigenvalue weighted by Crippen LogP contribution is 2.19. The van der Waals surface area contributed by atoms with Crippen LogP contribution in [0.15, 0.2) is 36.8 Å². The van der Waals surface area contributed by atoms with E-state index in [2.05, 4.69) is 20.3 Å². The smallest absolute Gasteiger partial charge is 0.223 e. The maximum atomic E-state index is 11.5. The lowest BCUT2D eigenvalue weighted by Crippen LogP contribution is -2.42. The summed E-state index contributed by atoms with van der Waals surface area (Å²) < 4.78 is 24.6. The van der Waals surface area contributed by atoms with Gasteiger partial charge in [0.25, 0.3) is 0 Å². The maximum absolute atomic E-state index is 11.5. The molecule has 2 aromatic heterocycles. The Bertz CT molecular complexity index is 758. The Morgan fingerprint density at radius 2 is 2.00 bits per heavy atom. The lowest BCUT2D eigenvalue weighted by atomic mass is 10.1. The molecule has 0 aliphatic carbocycles. The summed E-state index contributed by atoms with van der Waals surface area (Å²) in [5.74, 6) is 0.559. The van der Waals surface area contributed by atoms with Gasteiger partial charge in [-0.3, -0.25) is 4.98 Å². The van der Waals surface area contributed by atoms with Crippen molar-refractivity contribution in [3.63, 3.8) is 0 Å². The van der Waals surface area contributed by atoms with Crippen LogP contribution in [0.3, 0.4) is 0 Å². The Morgan fingerprint density at radius 1 is 1.22 bits per heavy atom. The van der Waals surface area contributed by atoms with Gasteiger partial charge in [0.1, 0.15) is 0 Å². The highest BCUT2D eigenvalue weighted by atomic mass is 32.2. The molecular formula is C15H19N5O2S. The van der Waals surface area contributed by atoms with Crippen LogP contribution in [0.25, 0.3) is 11.3 Å². The molecule has 0 bridgehead atoms. The molecule has 0 aromatic carbocycles. The molecule has 1 saturated heterocycles. The molecule has 8 heteroatoms. The molecule has 0 amide bonds. The molecular weight excluding hydrogens is 314 g/mol. The van der Waals surface area contributed by atoms with E-state index < -0.39 is 10.0 Å². The van der Waals surface area contributed by atoms with Gasteiger partial charge in [-0.05, 0) is 31.0 Å². The molecule has 0 unspecified atom stereocenters. The van der Waals surface area contributed by atoms with E-state index in [4.69, 9.17) is 0 Å². The predicted octanol–water partition coefficient (Wildman–Crippen LogP) is 1.37. The first-order chi connectivity index (χ1) is 11.0. The van der Waals surface area contributed by atoms with E-state index in [0.717, 1.165) is 24.1 Å². The molecule has 122 valence electrons. The zero-order chi connectivity index (χ0) is 16.3. The molecule has 3 heterocycles. The normalized spacial score (nSPS) is 17.1. The average molecular weight is 333 g/mol. The lowest BCUT2D eigenvalue weighted by molar-refractivity contribution is 0.331. The maximum Gasteiger partial charge on any atom is 0.223 e. The minimum absolute atomic E-state index is 0.178. The second kappa shape index (κ2) is 6.59. The molecule has 0 saturated carbocycles. The number of rotatable bonds is 4. The summed E-state index contributed by atoms with van der Waals surface area (Å²) >= 11 is 0. The summed E-state index contributed by atoms with van der Waals surface area (Å²) in [5, 5.41) is 3.30.